The third-order valence-corrected chi connectivity index (χ3v) is 3.11. The summed E-state index contributed by atoms with van der Waals surface area (Å²) in [6, 6.07) is 15.9. The van der Waals surface area contributed by atoms with Crippen LogP contribution in [0, 0.1) is 0 Å². The van der Waals surface area contributed by atoms with E-state index in [0.29, 0.717) is 0 Å². The van der Waals surface area contributed by atoms with Crippen LogP contribution in [0.15, 0.2) is 48.5 Å². The second kappa shape index (κ2) is 3.90. The van der Waals surface area contributed by atoms with E-state index < -0.39 is 0 Å². The molecule has 0 bridgehead atoms. The summed E-state index contributed by atoms with van der Waals surface area (Å²) in [6.45, 7) is 0. The van der Waals surface area contributed by atoms with E-state index >= 15 is 0 Å². The van der Waals surface area contributed by atoms with E-state index in [1.807, 2.05) is 43.4 Å². The van der Waals surface area contributed by atoms with Gasteiger partial charge in [0.05, 0.1) is 11.0 Å². The highest BCUT2D eigenvalue weighted by atomic mass is 35.5. The number of hydrogen-bond acceptors (Lipinski definition) is 1. The molecule has 0 spiro atoms. The van der Waals surface area contributed by atoms with Gasteiger partial charge in [-0.1, -0.05) is 41.9 Å². The zero-order valence-corrected chi connectivity index (χ0v) is 10.1. The molecule has 0 N–H and O–H groups in total. The summed E-state index contributed by atoms with van der Waals surface area (Å²) >= 11 is 6.00. The second-order valence-corrected chi connectivity index (χ2v) is 4.43. The molecule has 0 radical (unpaired) electrons. The van der Waals surface area contributed by atoms with Gasteiger partial charge in [-0.25, -0.2) is 4.98 Å². The third kappa shape index (κ3) is 1.71. The fourth-order valence-corrected chi connectivity index (χ4v) is 2.17. The molecular formula is C14H11ClN2. The van der Waals surface area contributed by atoms with Crippen molar-refractivity contribution in [2.24, 2.45) is 7.05 Å². The van der Waals surface area contributed by atoms with Gasteiger partial charge in [-0.3, -0.25) is 0 Å². The van der Waals surface area contributed by atoms with Crippen LogP contribution in [-0.2, 0) is 7.05 Å². The second-order valence-electron chi connectivity index (χ2n) is 3.99. The van der Waals surface area contributed by atoms with Crippen molar-refractivity contribution in [1.29, 1.82) is 0 Å². The lowest BCUT2D eigenvalue weighted by Crippen LogP contribution is -1.91. The highest BCUT2D eigenvalue weighted by Crippen LogP contribution is 2.25. The average Bonchev–Trinajstić information content (AvgIpc) is 2.68. The van der Waals surface area contributed by atoms with Crippen molar-refractivity contribution in [2.75, 3.05) is 0 Å². The molecule has 17 heavy (non-hydrogen) atoms. The number of halogens is 1. The Morgan fingerprint density at radius 3 is 2.59 bits per heavy atom. The van der Waals surface area contributed by atoms with Crippen LogP contribution in [-0.4, -0.2) is 9.55 Å². The highest BCUT2D eigenvalue weighted by Gasteiger charge is 2.09. The van der Waals surface area contributed by atoms with Gasteiger partial charge in [-0.15, -0.1) is 0 Å². The van der Waals surface area contributed by atoms with Crippen molar-refractivity contribution in [1.82, 2.24) is 9.55 Å². The quantitative estimate of drug-likeness (QED) is 0.633. The third-order valence-electron chi connectivity index (χ3n) is 2.87. The summed E-state index contributed by atoms with van der Waals surface area (Å²) in [6.07, 6.45) is 0. The predicted octanol–water partition coefficient (Wildman–Crippen LogP) is 3.89. The lowest BCUT2D eigenvalue weighted by Gasteiger charge is -2.01. The molecule has 3 rings (SSSR count). The molecule has 0 saturated carbocycles. The minimum Gasteiger partial charge on any atom is -0.327 e. The van der Waals surface area contributed by atoms with Crippen LogP contribution in [0.5, 0.6) is 0 Å². The zero-order chi connectivity index (χ0) is 11.8. The van der Waals surface area contributed by atoms with Crippen molar-refractivity contribution in [3.8, 4) is 11.4 Å². The zero-order valence-electron chi connectivity index (χ0n) is 9.39. The molecule has 2 aromatic carbocycles. The van der Waals surface area contributed by atoms with Gasteiger partial charge in [0.1, 0.15) is 5.82 Å². The van der Waals surface area contributed by atoms with Gasteiger partial charge in [0.2, 0.25) is 0 Å². The van der Waals surface area contributed by atoms with E-state index in [9.17, 15) is 0 Å². The molecule has 1 heterocycles. The molecule has 0 saturated heterocycles. The summed E-state index contributed by atoms with van der Waals surface area (Å²) in [7, 11) is 2.01. The van der Waals surface area contributed by atoms with Gasteiger partial charge >= 0.3 is 0 Å². The van der Waals surface area contributed by atoms with Crippen molar-refractivity contribution >= 4 is 22.6 Å². The maximum absolute atomic E-state index is 6.00. The van der Waals surface area contributed by atoms with E-state index in [4.69, 9.17) is 11.6 Å². The molecule has 3 aromatic rings. The molecule has 3 heteroatoms. The van der Waals surface area contributed by atoms with Crippen molar-refractivity contribution in [3.63, 3.8) is 0 Å². The number of aryl methyl sites for hydroxylation is 1. The van der Waals surface area contributed by atoms with Gasteiger partial charge in [-0.2, -0.15) is 0 Å². The van der Waals surface area contributed by atoms with Crippen molar-refractivity contribution < 1.29 is 0 Å². The summed E-state index contributed by atoms with van der Waals surface area (Å²) in [5, 5.41) is 0.736. The number of fused-ring (bicyclic) bond motifs is 1. The Hall–Kier alpha value is -1.80. The summed E-state index contributed by atoms with van der Waals surface area (Å²) < 4.78 is 2.07. The van der Waals surface area contributed by atoms with Gasteiger partial charge in [-0.05, 0) is 18.2 Å². The molecule has 0 aliphatic carbocycles. The first-order chi connectivity index (χ1) is 8.25. The minimum absolute atomic E-state index is 0.736. The monoisotopic (exact) mass is 242 g/mol. The summed E-state index contributed by atoms with van der Waals surface area (Å²) in [5.74, 6) is 0.961. The Morgan fingerprint density at radius 1 is 1.06 bits per heavy atom. The van der Waals surface area contributed by atoms with E-state index in [2.05, 4.69) is 21.7 Å². The largest absolute Gasteiger partial charge is 0.327 e. The topological polar surface area (TPSA) is 17.8 Å². The minimum atomic E-state index is 0.736. The molecule has 0 aliphatic heterocycles. The highest BCUT2D eigenvalue weighted by molar-refractivity contribution is 6.31. The number of nitrogens with zero attached hydrogens (tertiary/aromatic N) is 2. The first-order valence-electron chi connectivity index (χ1n) is 5.43. The SMILES string of the molecule is Cn1c(-c2ccccc2)nc2ccc(Cl)cc21. The maximum atomic E-state index is 6.00. The van der Waals surface area contributed by atoms with Crippen LogP contribution in [0.2, 0.25) is 5.02 Å². The van der Waals surface area contributed by atoms with Crippen molar-refractivity contribution in [3.05, 3.63) is 53.6 Å². The molecule has 2 nitrogen and oxygen atoms in total. The fourth-order valence-electron chi connectivity index (χ4n) is 2.01. The normalized spacial score (nSPS) is 10.9. The maximum Gasteiger partial charge on any atom is 0.140 e. The van der Waals surface area contributed by atoms with E-state index in [1.165, 1.54) is 0 Å². The Labute approximate surface area is 104 Å². The van der Waals surface area contributed by atoms with Gasteiger partial charge in [0.15, 0.2) is 0 Å². The Bertz CT molecular complexity index is 671. The number of aromatic nitrogens is 2. The molecule has 0 unspecified atom stereocenters. The molecular weight excluding hydrogens is 232 g/mol. The molecule has 0 aliphatic rings. The molecule has 1 aromatic heterocycles. The molecule has 84 valence electrons. The van der Waals surface area contributed by atoms with Gasteiger partial charge < -0.3 is 4.57 Å². The summed E-state index contributed by atoms with van der Waals surface area (Å²) in [5.41, 5.74) is 3.13. The van der Waals surface area contributed by atoms with Crippen LogP contribution < -0.4 is 0 Å². The fraction of sp³-hybridized carbons (Fsp3) is 0.0714. The number of hydrogen-bond donors (Lipinski definition) is 0. The summed E-state index contributed by atoms with van der Waals surface area (Å²) in [4.78, 5) is 4.63. The number of imidazole rings is 1. The number of benzene rings is 2. The first kappa shape index (κ1) is 10.4. The van der Waals surface area contributed by atoms with Crippen LogP contribution >= 0.6 is 11.6 Å². The lowest BCUT2D eigenvalue weighted by molar-refractivity contribution is 0.959. The Morgan fingerprint density at radius 2 is 1.82 bits per heavy atom. The smallest absolute Gasteiger partial charge is 0.140 e. The average molecular weight is 243 g/mol. The van der Waals surface area contributed by atoms with Crippen LogP contribution in [0.1, 0.15) is 0 Å². The first-order valence-corrected chi connectivity index (χ1v) is 5.81. The van der Waals surface area contributed by atoms with E-state index in [1.54, 1.807) is 0 Å². The van der Waals surface area contributed by atoms with Crippen molar-refractivity contribution in [2.45, 2.75) is 0 Å². The lowest BCUT2D eigenvalue weighted by atomic mass is 10.2. The van der Waals surface area contributed by atoms with Crippen LogP contribution in [0.4, 0.5) is 0 Å². The van der Waals surface area contributed by atoms with Gasteiger partial charge in [0, 0.05) is 17.6 Å². The molecule has 0 atom stereocenters. The standard InChI is InChI=1S/C14H11ClN2/c1-17-13-9-11(15)7-8-12(13)16-14(17)10-5-3-2-4-6-10/h2-9H,1H3. The number of rotatable bonds is 1. The van der Waals surface area contributed by atoms with Gasteiger partial charge in [0.25, 0.3) is 0 Å². The van der Waals surface area contributed by atoms with Crippen LogP contribution in [0.25, 0.3) is 22.4 Å². The van der Waals surface area contributed by atoms with E-state index in [0.717, 1.165) is 27.4 Å². The van der Waals surface area contributed by atoms with E-state index in [-0.39, 0.29) is 0 Å². The van der Waals surface area contributed by atoms with Crippen LogP contribution in [0.3, 0.4) is 0 Å². The Kier molecular flexibility index (Phi) is 2.37. The predicted molar refractivity (Wildman–Crippen MR) is 71.2 cm³/mol. The molecule has 0 fully saturated rings. The Balaban J connectivity index is 2.28. The molecule has 0 amide bonds.